The van der Waals surface area contributed by atoms with E-state index in [9.17, 15) is 9.59 Å². The SMILES string of the molecule is CNC(=O)Nc1ccc(-c2ncc3c(n2)N2CCOC(C)C2(C)C(=O)N3CC2CC2)cc1. The topological polar surface area (TPSA) is 99.7 Å². The number of urea groups is 1. The van der Waals surface area contributed by atoms with E-state index < -0.39 is 5.54 Å². The first-order chi connectivity index (χ1) is 15.4. The molecule has 1 aliphatic carbocycles. The minimum Gasteiger partial charge on any atom is -0.374 e. The Hall–Kier alpha value is -3.20. The summed E-state index contributed by atoms with van der Waals surface area (Å²) in [6.07, 6.45) is 3.84. The third-order valence-electron chi connectivity index (χ3n) is 6.78. The molecular weight excluding hydrogens is 408 g/mol. The summed E-state index contributed by atoms with van der Waals surface area (Å²) >= 11 is 0. The van der Waals surface area contributed by atoms with Crippen LogP contribution < -0.4 is 20.4 Å². The molecule has 2 aromatic rings. The zero-order chi connectivity index (χ0) is 22.5. The van der Waals surface area contributed by atoms with Crippen molar-refractivity contribution >= 4 is 29.1 Å². The Labute approximate surface area is 187 Å². The van der Waals surface area contributed by atoms with E-state index in [0.717, 1.165) is 29.9 Å². The molecule has 168 valence electrons. The molecule has 3 amide bonds. The second kappa shape index (κ2) is 7.74. The Morgan fingerprint density at radius 2 is 2.03 bits per heavy atom. The number of fused-ring (bicyclic) bond motifs is 3. The van der Waals surface area contributed by atoms with E-state index in [4.69, 9.17) is 9.72 Å². The molecule has 2 N–H and O–H groups in total. The van der Waals surface area contributed by atoms with Crippen molar-refractivity contribution in [1.29, 1.82) is 0 Å². The smallest absolute Gasteiger partial charge is 0.318 e. The Morgan fingerprint density at radius 3 is 2.72 bits per heavy atom. The van der Waals surface area contributed by atoms with Gasteiger partial charge in [-0.3, -0.25) is 4.79 Å². The van der Waals surface area contributed by atoms with Gasteiger partial charge in [0.05, 0.1) is 18.9 Å². The number of hydrogen-bond donors (Lipinski definition) is 2. The first-order valence-electron chi connectivity index (χ1n) is 11.1. The maximum atomic E-state index is 13.6. The van der Waals surface area contributed by atoms with Gasteiger partial charge in [0.15, 0.2) is 11.6 Å². The van der Waals surface area contributed by atoms with Crippen molar-refractivity contribution in [3.8, 4) is 11.4 Å². The van der Waals surface area contributed by atoms with Crippen molar-refractivity contribution in [3.05, 3.63) is 30.5 Å². The zero-order valence-electron chi connectivity index (χ0n) is 18.6. The van der Waals surface area contributed by atoms with Crippen molar-refractivity contribution in [2.75, 3.05) is 41.9 Å². The van der Waals surface area contributed by atoms with Crippen LogP contribution >= 0.6 is 0 Å². The molecule has 1 aromatic carbocycles. The summed E-state index contributed by atoms with van der Waals surface area (Å²) in [6.45, 7) is 5.77. The lowest BCUT2D eigenvalue weighted by Gasteiger charge is -2.53. The van der Waals surface area contributed by atoms with Gasteiger partial charge >= 0.3 is 6.03 Å². The summed E-state index contributed by atoms with van der Waals surface area (Å²) in [4.78, 5) is 38.7. The number of anilines is 3. The molecule has 1 saturated heterocycles. The maximum absolute atomic E-state index is 13.6. The lowest BCUT2D eigenvalue weighted by molar-refractivity contribution is -0.132. The molecule has 3 heterocycles. The molecule has 2 unspecified atom stereocenters. The van der Waals surface area contributed by atoms with Crippen LogP contribution in [-0.4, -0.2) is 60.3 Å². The number of nitrogens with zero attached hydrogens (tertiary/aromatic N) is 4. The number of rotatable bonds is 4. The van der Waals surface area contributed by atoms with Crippen molar-refractivity contribution in [2.45, 2.75) is 38.3 Å². The van der Waals surface area contributed by atoms with Crippen LogP contribution in [0.15, 0.2) is 30.5 Å². The second-order valence-corrected chi connectivity index (χ2v) is 8.86. The van der Waals surface area contributed by atoms with Crippen LogP contribution in [0.1, 0.15) is 26.7 Å². The van der Waals surface area contributed by atoms with Gasteiger partial charge in [0.1, 0.15) is 11.2 Å². The summed E-state index contributed by atoms with van der Waals surface area (Å²) in [5.41, 5.74) is 1.49. The number of benzene rings is 1. The Morgan fingerprint density at radius 1 is 1.28 bits per heavy atom. The standard InChI is InChI=1S/C23H28N6O3/c1-14-23(2)21(30)28(13-15-4-5-15)18-12-25-19(27-20(18)29(23)10-11-32-14)16-6-8-17(9-7-16)26-22(31)24-3/h6-9,12,14-15H,4-5,10-11,13H2,1-3H3,(H2,24,26,31). The molecule has 3 aliphatic rings. The summed E-state index contributed by atoms with van der Waals surface area (Å²) in [7, 11) is 1.57. The van der Waals surface area contributed by atoms with Crippen molar-refractivity contribution in [3.63, 3.8) is 0 Å². The van der Waals surface area contributed by atoms with E-state index in [-0.39, 0.29) is 18.0 Å². The van der Waals surface area contributed by atoms with Gasteiger partial charge in [0, 0.05) is 31.4 Å². The highest BCUT2D eigenvalue weighted by molar-refractivity contribution is 6.08. The Kier molecular flexibility index (Phi) is 5.00. The predicted octanol–water partition coefficient (Wildman–Crippen LogP) is 2.64. The van der Waals surface area contributed by atoms with Gasteiger partial charge in [-0.25, -0.2) is 14.8 Å². The molecular formula is C23H28N6O3. The van der Waals surface area contributed by atoms with Crippen LogP contribution in [0.4, 0.5) is 22.0 Å². The van der Waals surface area contributed by atoms with Crippen LogP contribution in [0.3, 0.4) is 0 Å². The summed E-state index contributed by atoms with van der Waals surface area (Å²) in [5, 5.41) is 5.28. The number of morpholine rings is 1. The molecule has 1 saturated carbocycles. The highest BCUT2D eigenvalue weighted by Gasteiger charge is 2.55. The van der Waals surface area contributed by atoms with Crippen LogP contribution in [0, 0.1) is 5.92 Å². The number of aromatic nitrogens is 2. The largest absolute Gasteiger partial charge is 0.374 e. The lowest BCUT2D eigenvalue weighted by atomic mass is 9.87. The third-order valence-corrected chi connectivity index (χ3v) is 6.78. The normalized spacial score (nSPS) is 24.6. The minimum atomic E-state index is -0.799. The molecule has 2 aliphatic heterocycles. The molecule has 9 heteroatoms. The lowest BCUT2D eigenvalue weighted by Crippen LogP contribution is -2.70. The number of hydrogen-bond acceptors (Lipinski definition) is 6. The highest BCUT2D eigenvalue weighted by Crippen LogP contribution is 2.45. The van der Waals surface area contributed by atoms with E-state index in [1.807, 2.05) is 43.0 Å². The molecule has 5 rings (SSSR count). The Balaban J connectivity index is 1.53. The van der Waals surface area contributed by atoms with Gasteiger partial charge in [-0.15, -0.1) is 0 Å². The van der Waals surface area contributed by atoms with E-state index in [2.05, 4.69) is 20.5 Å². The van der Waals surface area contributed by atoms with Gasteiger partial charge in [0.25, 0.3) is 5.91 Å². The van der Waals surface area contributed by atoms with Crippen LogP contribution in [0.2, 0.25) is 0 Å². The minimum absolute atomic E-state index is 0.0603. The first kappa shape index (κ1) is 20.7. The first-order valence-corrected chi connectivity index (χ1v) is 11.1. The number of carbonyl (C=O) groups is 2. The van der Waals surface area contributed by atoms with Crippen LogP contribution in [0.25, 0.3) is 11.4 Å². The molecule has 0 bridgehead atoms. The van der Waals surface area contributed by atoms with Crippen molar-refractivity contribution in [1.82, 2.24) is 15.3 Å². The third kappa shape index (κ3) is 3.37. The molecule has 2 fully saturated rings. The van der Waals surface area contributed by atoms with E-state index in [1.54, 1.807) is 13.2 Å². The van der Waals surface area contributed by atoms with Gasteiger partial charge in [0.2, 0.25) is 0 Å². The predicted molar refractivity (Wildman–Crippen MR) is 122 cm³/mol. The number of nitrogens with one attached hydrogen (secondary N) is 2. The second-order valence-electron chi connectivity index (χ2n) is 8.86. The average molecular weight is 437 g/mol. The van der Waals surface area contributed by atoms with Gasteiger partial charge < -0.3 is 25.2 Å². The number of amides is 3. The molecule has 32 heavy (non-hydrogen) atoms. The summed E-state index contributed by atoms with van der Waals surface area (Å²) < 4.78 is 5.90. The fourth-order valence-corrected chi connectivity index (χ4v) is 4.46. The van der Waals surface area contributed by atoms with Gasteiger partial charge in [-0.1, -0.05) is 0 Å². The van der Waals surface area contributed by atoms with Crippen molar-refractivity contribution in [2.24, 2.45) is 5.92 Å². The van der Waals surface area contributed by atoms with Crippen molar-refractivity contribution < 1.29 is 14.3 Å². The molecule has 2 atom stereocenters. The summed E-state index contributed by atoms with van der Waals surface area (Å²) in [5.74, 6) is 1.96. The van der Waals surface area contributed by atoms with Crippen LogP contribution in [-0.2, 0) is 9.53 Å². The molecule has 9 nitrogen and oxygen atoms in total. The average Bonchev–Trinajstić information content (AvgIpc) is 3.62. The molecule has 1 aromatic heterocycles. The van der Waals surface area contributed by atoms with E-state index in [1.165, 1.54) is 0 Å². The van der Waals surface area contributed by atoms with Gasteiger partial charge in [-0.05, 0) is 56.9 Å². The monoisotopic (exact) mass is 436 g/mol. The molecule has 0 radical (unpaired) electrons. The fraction of sp³-hybridized carbons (Fsp3) is 0.478. The highest BCUT2D eigenvalue weighted by atomic mass is 16.5. The zero-order valence-corrected chi connectivity index (χ0v) is 18.6. The Bertz CT molecular complexity index is 1050. The molecule has 0 spiro atoms. The van der Waals surface area contributed by atoms with Gasteiger partial charge in [-0.2, -0.15) is 0 Å². The fourth-order valence-electron chi connectivity index (χ4n) is 4.46. The summed E-state index contributed by atoms with van der Waals surface area (Å²) in [6, 6.07) is 7.12. The van der Waals surface area contributed by atoms with E-state index in [0.29, 0.717) is 37.1 Å². The maximum Gasteiger partial charge on any atom is 0.318 e. The van der Waals surface area contributed by atoms with E-state index >= 15 is 0 Å². The number of carbonyl (C=O) groups excluding carboxylic acids is 2. The van der Waals surface area contributed by atoms with Crippen LogP contribution in [0.5, 0.6) is 0 Å². The quantitative estimate of drug-likeness (QED) is 0.764. The number of ether oxygens (including phenoxy) is 1.